The minimum absolute atomic E-state index is 0.0507. The molecule has 1 aliphatic rings. The van der Waals surface area contributed by atoms with Gasteiger partial charge >= 0.3 is 6.03 Å². The van der Waals surface area contributed by atoms with E-state index in [2.05, 4.69) is 11.4 Å². The normalized spacial score (nSPS) is 21.5. The Hall–Kier alpha value is -2.91. The van der Waals surface area contributed by atoms with Crippen LogP contribution < -0.4 is 5.32 Å². The van der Waals surface area contributed by atoms with Crippen LogP contribution in [0.15, 0.2) is 48.5 Å². The van der Waals surface area contributed by atoms with Gasteiger partial charge in [-0.05, 0) is 42.7 Å². The van der Waals surface area contributed by atoms with E-state index in [4.69, 9.17) is 0 Å². The lowest BCUT2D eigenvalue weighted by Gasteiger charge is -2.51. The van der Waals surface area contributed by atoms with Crippen LogP contribution in [0.5, 0.6) is 0 Å². The number of aliphatic hydroxyl groups is 1. The largest absolute Gasteiger partial charge is 0.394 e. The Bertz CT molecular complexity index is 843. The molecule has 1 fully saturated rings. The summed E-state index contributed by atoms with van der Waals surface area (Å²) in [4.78, 5) is 13.8. The van der Waals surface area contributed by atoms with Gasteiger partial charge < -0.3 is 15.3 Å². The first-order valence-electron chi connectivity index (χ1n) is 8.91. The minimum Gasteiger partial charge on any atom is -0.394 e. The van der Waals surface area contributed by atoms with Crippen molar-refractivity contribution in [3.05, 3.63) is 59.9 Å². The third kappa shape index (κ3) is 3.64. The van der Waals surface area contributed by atoms with E-state index in [9.17, 15) is 19.6 Å². The van der Waals surface area contributed by atoms with Gasteiger partial charge in [-0.2, -0.15) is 5.26 Å². The van der Waals surface area contributed by atoms with E-state index < -0.39 is 12.1 Å². The molecule has 0 unspecified atom stereocenters. The minimum atomic E-state index is -0.627. The lowest BCUT2D eigenvalue weighted by Crippen LogP contribution is -2.67. The molecule has 0 aliphatic carbocycles. The number of carbonyl (C=O) groups excluding carboxylic acids is 1. The van der Waals surface area contributed by atoms with E-state index in [0.717, 1.165) is 16.7 Å². The number of nitriles is 1. The number of benzene rings is 2. The van der Waals surface area contributed by atoms with Crippen LogP contribution in [0, 0.1) is 17.1 Å². The van der Waals surface area contributed by atoms with E-state index in [-0.39, 0.29) is 30.4 Å². The Balaban J connectivity index is 1.82. The first-order chi connectivity index (χ1) is 13.0. The molecule has 6 heteroatoms. The summed E-state index contributed by atoms with van der Waals surface area (Å²) in [7, 11) is 0. The number of aliphatic hydroxyl groups excluding tert-OH is 1. The van der Waals surface area contributed by atoms with Gasteiger partial charge in [-0.1, -0.05) is 36.4 Å². The molecular weight excluding hydrogens is 345 g/mol. The number of urea groups is 1. The van der Waals surface area contributed by atoms with Gasteiger partial charge in [-0.25, -0.2) is 9.18 Å². The SMILES string of the molecule is CC(C)NC(=O)N1[C@@H](C#N)[C@H](c2ccc(-c3ccc(F)cc3)cc2)[C@@H]1CO. The van der Waals surface area contributed by atoms with Crippen molar-refractivity contribution < 1.29 is 14.3 Å². The molecule has 2 aromatic carbocycles. The zero-order valence-corrected chi connectivity index (χ0v) is 15.3. The highest BCUT2D eigenvalue weighted by molar-refractivity contribution is 5.77. The van der Waals surface area contributed by atoms with E-state index in [1.54, 1.807) is 12.1 Å². The number of amides is 2. The molecule has 0 saturated carbocycles. The molecule has 0 spiro atoms. The smallest absolute Gasteiger partial charge is 0.319 e. The Kier molecular flexibility index (Phi) is 5.43. The molecule has 2 N–H and O–H groups in total. The number of carbonyl (C=O) groups is 1. The summed E-state index contributed by atoms with van der Waals surface area (Å²) >= 11 is 0. The number of halogens is 1. The fraction of sp³-hybridized carbons (Fsp3) is 0.333. The number of rotatable bonds is 4. The van der Waals surface area contributed by atoms with Crippen molar-refractivity contribution in [3.8, 4) is 17.2 Å². The van der Waals surface area contributed by atoms with Gasteiger partial charge in [0.2, 0.25) is 0 Å². The Morgan fingerprint density at radius 1 is 1.19 bits per heavy atom. The highest BCUT2D eigenvalue weighted by Gasteiger charge is 2.51. The lowest BCUT2D eigenvalue weighted by molar-refractivity contribution is 0.0162. The average Bonchev–Trinajstić information content (AvgIpc) is 2.62. The molecule has 140 valence electrons. The van der Waals surface area contributed by atoms with Gasteiger partial charge in [-0.15, -0.1) is 0 Å². The molecule has 3 rings (SSSR count). The molecule has 1 saturated heterocycles. The van der Waals surface area contributed by atoms with Crippen LogP contribution >= 0.6 is 0 Å². The molecule has 2 aromatic rings. The first kappa shape index (κ1) is 18.9. The second-order valence-electron chi connectivity index (χ2n) is 6.99. The first-order valence-corrected chi connectivity index (χ1v) is 8.91. The summed E-state index contributed by atoms with van der Waals surface area (Å²) in [5.74, 6) is -0.535. The number of nitrogens with zero attached hydrogens (tertiary/aromatic N) is 2. The van der Waals surface area contributed by atoms with Crippen molar-refractivity contribution in [3.63, 3.8) is 0 Å². The molecule has 0 bridgehead atoms. The maximum Gasteiger partial charge on any atom is 0.319 e. The maximum atomic E-state index is 13.1. The molecule has 0 radical (unpaired) electrons. The summed E-state index contributed by atoms with van der Waals surface area (Å²) in [6.07, 6.45) is 0. The predicted molar refractivity (Wildman–Crippen MR) is 100 cm³/mol. The Labute approximate surface area is 158 Å². The van der Waals surface area contributed by atoms with E-state index >= 15 is 0 Å². The molecule has 27 heavy (non-hydrogen) atoms. The Morgan fingerprint density at radius 2 is 1.74 bits per heavy atom. The predicted octanol–water partition coefficient (Wildman–Crippen LogP) is 3.26. The summed E-state index contributed by atoms with van der Waals surface area (Å²) in [6, 6.07) is 14.6. The lowest BCUT2D eigenvalue weighted by atomic mass is 9.75. The standard InChI is InChI=1S/C21H22FN3O2/c1-13(2)24-21(27)25-18(11-23)20(19(25)12-26)16-5-3-14(4-6-16)15-7-9-17(22)10-8-15/h3-10,13,18-20,26H,12H2,1-2H3,(H,24,27)/t18-,19-,20-/m0/s1. The third-order valence-electron chi connectivity index (χ3n) is 4.85. The van der Waals surface area contributed by atoms with Crippen LogP contribution in [-0.4, -0.2) is 40.8 Å². The van der Waals surface area contributed by atoms with Crippen LogP contribution in [0.1, 0.15) is 25.3 Å². The molecule has 1 heterocycles. The quantitative estimate of drug-likeness (QED) is 0.871. The highest BCUT2D eigenvalue weighted by atomic mass is 19.1. The van der Waals surface area contributed by atoms with Gasteiger partial charge in [0.15, 0.2) is 0 Å². The van der Waals surface area contributed by atoms with E-state index in [0.29, 0.717) is 0 Å². The van der Waals surface area contributed by atoms with Crippen molar-refractivity contribution in [1.29, 1.82) is 5.26 Å². The maximum absolute atomic E-state index is 13.1. The van der Waals surface area contributed by atoms with Crippen molar-refractivity contribution in [2.45, 2.75) is 37.9 Å². The van der Waals surface area contributed by atoms with Crippen LogP contribution in [0.25, 0.3) is 11.1 Å². The summed E-state index contributed by atoms with van der Waals surface area (Å²) in [6.45, 7) is 3.48. The number of likely N-dealkylation sites (tertiary alicyclic amines) is 1. The topological polar surface area (TPSA) is 76.4 Å². The monoisotopic (exact) mass is 367 g/mol. The van der Waals surface area contributed by atoms with E-state index in [1.165, 1.54) is 17.0 Å². The van der Waals surface area contributed by atoms with Crippen LogP contribution in [0.4, 0.5) is 9.18 Å². The Morgan fingerprint density at radius 3 is 2.22 bits per heavy atom. The van der Waals surface area contributed by atoms with Crippen molar-refractivity contribution in [2.75, 3.05) is 6.61 Å². The fourth-order valence-corrected chi connectivity index (χ4v) is 3.55. The van der Waals surface area contributed by atoms with Crippen molar-refractivity contribution >= 4 is 6.03 Å². The summed E-state index contributed by atoms with van der Waals surface area (Å²) < 4.78 is 13.1. The summed E-state index contributed by atoms with van der Waals surface area (Å²) in [5.41, 5.74) is 2.71. The average molecular weight is 367 g/mol. The number of hydrogen-bond acceptors (Lipinski definition) is 3. The van der Waals surface area contributed by atoms with Gasteiger partial charge in [0.05, 0.1) is 18.7 Å². The van der Waals surface area contributed by atoms with Crippen LogP contribution in [-0.2, 0) is 0 Å². The van der Waals surface area contributed by atoms with Crippen LogP contribution in [0.2, 0.25) is 0 Å². The highest BCUT2D eigenvalue weighted by Crippen LogP contribution is 2.40. The second-order valence-corrected chi connectivity index (χ2v) is 6.99. The zero-order chi connectivity index (χ0) is 19.6. The number of nitrogens with one attached hydrogen (secondary N) is 1. The number of hydrogen-bond donors (Lipinski definition) is 2. The zero-order valence-electron chi connectivity index (χ0n) is 15.3. The molecule has 0 aromatic heterocycles. The van der Waals surface area contributed by atoms with Gasteiger partial charge in [0.25, 0.3) is 0 Å². The summed E-state index contributed by atoms with van der Waals surface area (Å²) in [5, 5.41) is 22.1. The van der Waals surface area contributed by atoms with Crippen LogP contribution in [0.3, 0.4) is 0 Å². The van der Waals surface area contributed by atoms with Crippen molar-refractivity contribution in [2.24, 2.45) is 0 Å². The van der Waals surface area contributed by atoms with Gasteiger partial charge in [-0.3, -0.25) is 0 Å². The molecule has 2 amide bonds. The van der Waals surface area contributed by atoms with Gasteiger partial charge in [0.1, 0.15) is 11.9 Å². The molecule has 5 nitrogen and oxygen atoms in total. The molecule has 3 atom stereocenters. The van der Waals surface area contributed by atoms with E-state index in [1.807, 2.05) is 38.1 Å². The second kappa shape index (κ2) is 7.77. The van der Waals surface area contributed by atoms with Crippen molar-refractivity contribution in [1.82, 2.24) is 10.2 Å². The fourth-order valence-electron chi connectivity index (χ4n) is 3.55. The molecular formula is C21H22FN3O2. The van der Waals surface area contributed by atoms with Gasteiger partial charge in [0, 0.05) is 12.0 Å². The third-order valence-corrected chi connectivity index (χ3v) is 4.85. The molecule has 1 aliphatic heterocycles.